The van der Waals surface area contributed by atoms with Crippen molar-refractivity contribution in [2.24, 2.45) is 0 Å². The van der Waals surface area contributed by atoms with Gasteiger partial charge in [-0.25, -0.2) is 0 Å². The Labute approximate surface area is 95.4 Å². The lowest BCUT2D eigenvalue weighted by Gasteiger charge is -2.41. The average Bonchev–Trinajstić information content (AvgIpc) is 2.72. The number of piperidine rings is 1. The molecule has 1 saturated carbocycles. The van der Waals surface area contributed by atoms with E-state index in [1.54, 1.807) is 0 Å². The molecule has 2 aliphatic heterocycles. The van der Waals surface area contributed by atoms with Crippen molar-refractivity contribution < 1.29 is 0 Å². The van der Waals surface area contributed by atoms with E-state index in [2.05, 4.69) is 20.8 Å². The van der Waals surface area contributed by atoms with Crippen molar-refractivity contribution in [1.82, 2.24) is 4.90 Å². The van der Waals surface area contributed by atoms with E-state index in [-0.39, 0.29) is 0 Å². The highest BCUT2D eigenvalue weighted by atomic mass is 79.9. The standard InChI is InChI=1S/C12H20BrN/c13-9-7-11-5-6-12(8-9)14(11)10-3-1-2-4-10/h9-12H,1-8H2. The van der Waals surface area contributed by atoms with Crippen molar-refractivity contribution in [2.45, 2.75) is 74.3 Å². The molecular weight excluding hydrogens is 238 g/mol. The van der Waals surface area contributed by atoms with Gasteiger partial charge >= 0.3 is 0 Å². The van der Waals surface area contributed by atoms with Crippen LogP contribution in [0.2, 0.25) is 0 Å². The van der Waals surface area contributed by atoms with Crippen LogP contribution in [0.1, 0.15) is 51.4 Å². The molecule has 80 valence electrons. The van der Waals surface area contributed by atoms with Gasteiger partial charge in [0.15, 0.2) is 0 Å². The van der Waals surface area contributed by atoms with E-state index in [4.69, 9.17) is 0 Å². The zero-order valence-electron chi connectivity index (χ0n) is 8.79. The summed E-state index contributed by atoms with van der Waals surface area (Å²) in [7, 11) is 0. The molecule has 2 heterocycles. The van der Waals surface area contributed by atoms with Crippen molar-refractivity contribution in [2.75, 3.05) is 0 Å². The Morgan fingerprint density at radius 2 is 1.36 bits per heavy atom. The summed E-state index contributed by atoms with van der Waals surface area (Å²) in [5.41, 5.74) is 0. The summed E-state index contributed by atoms with van der Waals surface area (Å²) in [5.74, 6) is 0. The van der Waals surface area contributed by atoms with Crippen LogP contribution in [0.5, 0.6) is 0 Å². The molecule has 2 atom stereocenters. The van der Waals surface area contributed by atoms with Gasteiger partial charge in [-0.2, -0.15) is 0 Å². The molecule has 3 rings (SSSR count). The number of nitrogens with zero attached hydrogens (tertiary/aromatic N) is 1. The predicted octanol–water partition coefficient (Wildman–Crippen LogP) is 3.32. The number of hydrogen-bond acceptors (Lipinski definition) is 1. The topological polar surface area (TPSA) is 3.24 Å². The third kappa shape index (κ3) is 1.55. The smallest absolute Gasteiger partial charge is 0.0175 e. The van der Waals surface area contributed by atoms with Gasteiger partial charge in [-0.15, -0.1) is 0 Å². The van der Waals surface area contributed by atoms with Crippen LogP contribution >= 0.6 is 15.9 Å². The fourth-order valence-corrected chi connectivity index (χ4v) is 4.81. The molecule has 3 fully saturated rings. The zero-order valence-corrected chi connectivity index (χ0v) is 10.4. The molecule has 2 bridgehead atoms. The molecule has 2 saturated heterocycles. The van der Waals surface area contributed by atoms with Gasteiger partial charge in [-0.05, 0) is 38.5 Å². The maximum atomic E-state index is 3.82. The minimum Gasteiger partial charge on any atom is -0.294 e. The number of halogens is 1. The lowest BCUT2D eigenvalue weighted by atomic mass is 9.99. The first-order valence-corrected chi connectivity index (χ1v) is 7.17. The van der Waals surface area contributed by atoms with Crippen molar-refractivity contribution in [3.63, 3.8) is 0 Å². The van der Waals surface area contributed by atoms with Gasteiger partial charge in [0.2, 0.25) is 0 Å². The van der Waals surface area contributed by atoms with Gasteiger partial charge in [0.25, 0.3) is 0 Å². The Hall–Kier alpha value is 0.440. The second-order valence-electron chi connectivity index (χ2n) is 5.34. The Bertz CT molecular complexity index is 198. The van der Waals surface area contributed by atoms with Gasteiger partial charge in [0.05, 0.1) is 0 Å². The molecule has 2 unspecified atom stereocenters. The highest BCUT2D eigenvalue weighted by molar-refractivity contribution is 9.09. The van der Waals surface area contributed by atoms with Crippen LogP contribution in [-0.2, 0) is 0 Å². The van der Waals surface area contributed by atoms with Crippen LogP contribution in [0.25, 0.3) is 0 Å². The van der Waals surface area contributed by atoms with E-state index in [9.17, 15) is 0 Å². The Morgan fingerprint density at radius 1 is 0.786 bits per heavy atom. The molecule has 0 aromatic heterocycles. The van der Waals surface area contributed by atoms with E-state index < -0.39 is 0 Å². The summed E-state index contributed by atoms with van der Waals surface area (Å²) in [6.07, 6.45) is 11.7. The minimum absolute atomic E-state index is 0.817. The summed E-state index contributed by atoms with van der Waals surface area (Å²) >= 11 is 3.82. The largest absolute Gasteiger partial charge is 0.294 e. The Morgan fingerprint density at radius 3 is 1.93 bits per heavy atom. The summed E-state index contributed by atoms with van der Waals surface area (Å²) in [4.78, 5) is 3.72. The minimum atomic E-state index is 0.817. The lowest BCUT2D eigenvalue weighted by Crippen LogP contribution is -2.48. The number of rotatable bonds is 1. The Balaban J connectivity index is 1.74. The summed E-state index contributed by atoms with van der Waals surface area (Å²) in [6.45, 7) is 0. The number of alkyl halides is 1. The molecule has 14 heavy (non-hydrogen) atoms. The first-order valence-electron chi connectivity index (χ1n) is 6.26. The van der Waals surface area contributed by atoms with Crippen LogP contribution in [0.15, 0.2) is 0 Å². The van der Waals surface area contributed by atoms with E-state index in [1.165, 1.54) is 51.4 Å². The molecule has 1 nitrogen and oxygen atoms in total. The lowest BCUT2D eigenvalue weighted by molar-refractivity contribution is 0.0932. The highest BCUT2D eigenvalue weighted by Gasteiger charge is 2.43. The van der Waals surface area contributed by atoms with Crippen LogP contribution in [0.4, 0.5) is 0 Å². The van der Waals surface area contributed by atoms with Crippen molar-refractivity contribution >= 4 is 15.9 Å². The second kappa shape index (κ2) is 3.79. The molecule has 3 aliphatic rings. The van der Waals surface area contributed by atoms with E-state index in [1.807, 2.05) is 0 Å². The highest BCUT2D eigenvalue weighted by Crippen LogP contribution is 2.42. The molecule has 0 N–H and O–H groups in total. The third-order valence-corrected chi connectivity index (χ3v) is 5.23. The fraction of sp³-hybridized carbons (Fsp3) is 1.00. The second-order valence-corrected chi connectivity index (χ2v) is 6.63. The molecule has 0 amide bonds. The monoisotopic (exact) mass is 257 g/mol. The average molecular weight is 258 g/mol. The molecule has 0 radical (unpaired) electrons. The van der Waals surface area contributed by atoms with Crippen LogP contribution in [0, 0.1) is 0 Å². The molecule has 0 aromatic carbocycles. The number of hydrogen-bond donors (Lipinski definition) is 0. The van der Waals surface area contributed by atoms with Gasteiger partial charge in [0.1, 0.15) is 0 Å². The summed E-state index contributed by atoms with van der Waals surface area (Å²) in [5, 5.41) is 0. The van der Waals surface area contributed by atoms with Crippen LogP contribution < -0.4 is 0 Å². The normalized spacial score (nSPS) is 44.8. The first-order chi connectivity index (χ1) is 6.84. The van der Waals surface area contributed by atoms with E-state index in [0.29, 0.717) is 0 Å². The van der Waals surface area contributed by atoms with Gasteiger partial charge < -0.3 is 0 Å². The summed E-state index contributed by atoms with van der Waals surface area (Å²) in [6, 6.07) is 2.83. The van der Waals surface area contributed by atoms with Crippen molar-refractivity contribution in [3.05, 3.63) is 0 Å². The predicted molar refractivity (Wildman–Crippen MR) is 62.9 cm³/mol. The first kappa shape index (κ1) is 9.65. The van der Waals surface area contributed by atoms with E-state index in [0.717, 1.165) is 23.0 Å². The quantitative estimate of drug-likeness (QED) is 0.652. The SMILES string of the molecule is BrC1CC2CCC(C1)N2C1CCCC1. The number of fused-ring (bicyclic) bond motifs is 2. The van der Waals surface area contributed by atoms with Crippen molar-refractivity contribution in [1.29, 1.82) is 0 Å². The third-order valence-electron chi connectivity index (χ3n) is 4.48. The zero-order chi connectivity index (χ0) is 9.54. The van der Waals surface area contributed by atoms with Crippen LogP contribution in [0.3, 0.4) is 0 Å². The van der Waals surface area contributed by atoms with Gasteiger partial charge in [-0.3, -0.25) is 4.90 Å². The van der Waals surface area contributed by atoms with E-state index >= 15 is 0 Å². The van der Waals surface area contributed by atoms with Gasteiger partial charge in [-0.1, -0.05) is 28.8 Å². The molecule has 1 aliphatic carbocycles. The fourth-order valence-electron chi connectivity index (χ4n) is 3.95. The van der Waals surface area contributed by atoms with Gasteiger partial charge in [0, 0.05) is 23.0 Å². The molecule has 0 spiro atoms. The van der Waals surface area contributed by atoms with Crippen molar-refractivity contribution in [3.8, 4) is 0 Å². The molecular formula is C12H20BrN. The molecule has 2 heteroatoms. The maximum Gasteiger partial charge on any atom is 0.0175 e. The maximum absolute atomic E-state index is 3.82. The van der Waals surface area contributed by atoms with Crippen LogP contribution in [-0.4, -0.2) is 27.9 Å². The Kier molecular flexibility index (Phi) is 2.61. The molecule has 0 aromatic rings. The summed E-state index contributed by atoms with van der Waals surface area (Å²) < 4.78 is 0.